The van der Waals surface area contributed by atoms with E-state index in [4.69, 9.17) is 14.2 Å². The van der Waals surface area contributed by atoms with Crippen molar-refractivity contribution < 1.29 is 33.7 Å². The van der Waals surface area contributed by atoms with E-state index >= 15 is 0 Å². The van der Waals surface area contributed by atoms with Gasteiger partial charge >= 0.3 is 6.09 Å². The molecule has 0 radical (unpaired) electrons. The minimum atomic E-state index is -0.975. The number of pyridine rings is 1. The Morgan fingerprint density at radius 2 is 1.64 bits per heavy atom. The zero-order valence-electron chi connectivity index (χ0n) is 28.0. The van der Waals surface area contributed by atoms with E-state index in [-0.39, 0.29) is 44.3 Å². The molecule has 2 aliphatic rings. The van der Waals surface area contributed by atoms with Gasteiger partial charge in [-0.05, 0) is 41.4 Å². The first-order chi connectivity index (χ1) is 24.3. The van der Waals surface area contributed by atoms with Crippen LogP contribution < -0.4 is 5.32 Å². The molecule has 0 saturated carbocycles. The van der Waals surface area contributed by atoms with Crippen LogP contribution in [-0.2, 0) is 50.0 Å². The number of aliphatic hydroxyl groups excluding tert-OH is 1. The minimum absolute atomic E-state index is 0.0271. The van der Waals surface area contributed by atoms with Crippen LogP contribution in [0.2, 0.25) is 0 Å². The second kappa shape index (κ2) is 16.6. The Morgan fingerprint density at radius 1 is 0.920 bits per heavy atom. The summed E-state index contributed by atoms with van der Waals surface area (Å²) in [5.74, 6) is -0.837. The van der Waals surface area contributed by atoms with Crippen molar-refractivity contribution in [2.45, 2.75) is 63.6 Å². The second-order valence-corrected chi connectivity index (χ2v) is 12.7. The minimum Gasteiger partial charge on any atom is -0.445 e. The van der Waals surface area contributed by atoms with Gasteiger partial charge in [0, 0.05) is 43.4 Å². The van der Waals surface area contributed by atoms with Crippen LogP contribution in [0.1, 0.15) is 58.7 Å². The van der Waals surface area contributed by atoms with Crippen LogP contribution in [0.4, 0.5) is 4.79 Å². The van der Waals surface area contributed by atoms with Gasteiger partial charge in [-0.3, -0.25) is 19.5 Å². The highest BCUT2D eigenvalue weighted by atomic mass is 16.7. The Bertz CT molecular complexity index is 1720. The Balaban J connectivity index is 1.07. The highest BCUT2D eigenvalue weighted by molar-refractivity contribution is 6.06. The van der Waals surface area contributed by atoms with E-state index in [1.54, 1.807) is 6.20 Å². The Hall–Kier alpha value is -4.94. The van der Waals surface area contributed by atoms with Crippen molar-refractivity contribution in [3.05, 3.63) is 137 Å². The summed E-state index contributed by atoms with van der Waals surface area (Å²) >= 11 is 0. The molecule has 6 rings (SSSR count). The molecule has 3 heterocycles. The van der Waals surface area contributed by atoms with Crippen molar-refractivity contribution >= 4 is 17.9 Å². The van der Waals surface area contributed by atoms with Crippen LogP contribution in [-0.4, -0.2) is 70.1 Å². The molecule has 11 nitrogen and oxygen atoms in total. The van der Waals surface area contributed by atoms with E-state index in [9.17, 15) is 19.5 Å². The van der Waals surface area contributed by atoms with Gasteiger partial charge < -0.3 is 29.5 Å². The average Bonchev–Trinajstić information content (AvgIpc) is 3.41. The number of aliphatic hydroxyl groups is 1. The first-order valence-corrected chi connectivity index (χ1v) is 16.8. The van der Waals surface area contributed by atoms with Gasteiger partial charge in [0.15, 0.2) is 6.29 Å². The summed E-state index contributed by atoms with van der Waals surface area (Å²) in [6, 6.07) is 29.4. The molecule has 2 aliphatic heterocycles. The smallest absolute Gasteiger partial charge is 0.408 e. The summed E-state index contributed by atoms with van der Waals surface area (Å²) in [4.78, 5) is 46.0. The van der Waals surface area contributed by atoms with Gasteiger partial charge in [0.25, 0.3) is 5.91 Å². The number of rotatable bonds is 13. The van der Waals surface area contributed by atoms with E-state index in [0.717, 1.165) is 51.4 Å². The molecule has 11 heteroatoms. The number of amides is 3. The second-order valence-electron chi connectivity index (χ2n) is 12.7. The number of imide groups is 1. The molecule has 2 saturated heterocycles. The highest BCUT2D eigenvalue weighted by Crippen LogP contribution is 2.38. The number of alkyl carbamates (subject to hydrolysis) is 1. The highest BCUT2D eigenvalue weighted by Gasteiger charge is 2.40. The molecule has 3 aromatic carbocycles. The van der Waals surface area contributed by atoms with Crippen molar-refractivity contribution in [2.75, 3.05) is 20.1 Å². The van der Waals surface area contributed by atoms with Crippen LogP contribution in [0.25, 0.3) is 0 Å². The molecular formula is C39H42N4O7. The molecule has 2 N–H and O–H groups in total. The largest absolute Gasteiger partial charge is 0.445 e. The van der Waals surface area contributed by atoms with Crippen LogP contribution in [0, 0.1) is 0 Å². The molecule has 1 aromatic heterocycles. The van der Waals surface area contributed by atoms with E-state index in [0.29, 0.717) is 13.0 Å². The molecule has 50 heavy (non-hydrogen) atoms. The molecule has 1 unspecified atom stereocenters. The van der Waals surface area contributed by atoms with E-state index in [1.807, 2.05) is 97.1 Å². The summed E-state index contributed by atoms with van der Waals surface area (Å²) in [6.07, 6.45) is 1.44. The van der Waals surface area contributed by atoms with Gasteiger partial charge in [-0.15, -0.1) is 0 Å². The fourth-order valence-corrected chi connectivity index (χ4v) is 6.16. The summed E-state index contributed by atoms with van der Waals surface area (Å²) in [6.45, 7) is 1.63. The van der Waals surface area contributed by atoms with Crippen molar-refractivity contribution in [2.24, 2.45) is 0 Å². The molecule has 0 bridgehead atoms. The topological polar surface area (TPSA) is 131 Å². The zero-order chi connectivity index (χ0) is 34.9. The third kappa shape index (κ3) is 9.19. The van der Waals surface area contributed by atoms with Gasteiger partial charge in [-0.25, -0.2) is 4.79 Å². The number of carbonyl (C=O) groups excluding carboxylic acids is 3. The lowest BCUT2D eigenvalue weighted by Gasteiger charge is -2.38. The van der Waals surface area contributed by atoms with Gasteiger partial charge in [0.05, 0.1) is 31.8 Å². The number of nitrogens with zero attached hydrogens (tertiary/aromatic N) is 3. The van der Waals surface area contributed by atoms with Gasteiger partial charge in [-0.2, -0.15) is 0 Å². The average molecular weight is 679 g/mol. The standard InChI is InChI=1S/C39H42N4O7/c1-42(20-18-32-9-5-6-19-40-32)24-33-21-35(30-14-12-28(25-44)13-15-30)50-38(49-33)31-16-10-27(11-17-31)23-43-36(45)22-34(37(43)46)41-39(47)48-26-29-7-3-2-4-8-29/h2-17,19,33-35,38,44H,18,20-26H2,1H3,(H,41,47)/t33-,34?,35+,38+/m1/s1. The number of hydrogen-bond acceptors (Lipinski definition) is 9. The molecule has 4 atom stereocenters. The number of aromatic nitrogens is 1. The molecule has 260 valence electrons. The lowest BCUT2D eigenvalue weighted by atomic mass is 9.99. The molecule has 3 amide bonds. The van der Waals surface area contributed by atoms with Crippen molar-refractivity contribution in [1.82, 2.24) is 20.1 Å². The maximum atomic E-state index is 13.1. The Labute approximate surface area is 291 Å². The van der Waals surface area contributed by atoms with Gasteiger partial charge in [0.1, 0.15) is 12.6 Å². The number of carbonyl (C=O) groups is 3. The van der Waals surface area contributed by atoms with Crippen molar-refractivity contribution in [3.8, 4) is 0 Å². The third-order valence-electron chi connectivity index (χ3n) is 8.95. The maximum Gasteiger partial charge on any atom is 0.408 e. The third-order valence-corrected chi connectivity index (χ3v) is 8.95. The predicted octanol–water partition coefficient (Wildman–Crippen LogP) is 4.85. The first-order valence-electron chi connectivity index (χ1n) is 16.8. The molecule has 0 spiro atoms. The number of nitrogens with one attached hydrogen (secondary N) is 1. The van der Waals surface area contributed by atoms with Crippen LogP contribution in [0.5, 0.6) is 0 Å². The van der Waals surface area contributed by atoms with E-state index in [1.165, 1.54) is 0 Å². The molecular weight excluding hydrogens is 636 g/mol. The van der Waals surface area contributed by atoms with Gasteiger partial charge in [0.2, 0.25) is 5.91 Å². The van der Waals surface area contributed by atoms with Crippen molar-refractivity contribution in [3.63, 3.8) is 0 Å². The molecule has 0 aliphatic carbocycles. The monoisotopic (exact) mass is 678 g/mol. The van der Waals surface area contributed by atoms with Crippen LogP contribution in [0.15, 0.2) is 103 Å². The molecule has 2 fully saturated rings. The normalized spacial score (nSPS) is 20.7. The lowest BCUT2D eigenvalue weighted by Crippen LogP contribution is -2.41. The predicted molar refractivity (Wildman–Crippen MR) is 184 cm³/mol. The Morgan fingerprint density at radius 3 is 2.36 bits per heavy atom. The summed E-state index contributed by atoms with van der Waals surface area (Å²) < 4.78 is 18.2. The van der Waals surface area contributed by atoms with Gasteiger partial charge in [-0.1, -0.05) is 84.9 Å². The zero-order valence-corrected chi connectivity index (χ0v) is 28.0. The summed E-state index contributed by atoms with van der Waals surface area (Å²) in [7, 11) is 2.07. The quantitative estimate of drug-likeness (QED) is 0.191. The maximum absolute atomic E-state index is 13.1. The summed E-state index contributed by atoms with van der Waals surface area (Å²) in [5.41, 5.74) is 5.26. The number of likely N-dealkylation sites (tertiary alicyclic amines) is 1. The number of hydrogen-bond donors (Lipinski definition) is 2. The van der Waals surface area contributed by atoms with E-state index in [2.05, 4.69) is 22.2 Å². The fraction of sp³-hybridized carbons (Fsp3) is 0.333. The number of ether oxygens (including phenoxy) is 3. The lowest BCUT2D eigenvalue weighted by molar-refractivity contribution is -0.252. The fourth-order valence-electron chi connectivity index (χ4n) is 6.16. The van der Waals surface area contributed by atoms with Crippen molar-refractivity contribution in [1.29, 1.82) is 0 Å². The first kappa shape index (κ1) is 34.9. The molecule has 4 aromatic rings. The SMILES string of the molecule is CN(CCc1ccccn1)C[C@H]1C[C@@H](c2ccc(CO)cc2)O[C@@H](c2ccc(CN3C(=O)CC(NC(=O)OCc4ccccc4)C3=O)cc2)O1. The van der Waals surface area contributed by atoms with E-state index < -0.39 is 24.3 Å². The Kier molecular flexibility index (Phi) is 11.6. The van der Waals surface area contributed by atoms with Crippen LogP contribution in [0.3, 0.4) is 0 Å². The summed E-state index contributed by atoms with van der Waals surface area (Å²) in [5, 5.41) is 12.1. The number of likely N-dealkylation sites (N-methyl/N-ethyl adjacent to an activating group) is 1. The number of benzene rings is 3. The van der Waals surface area contributed by atoms with Crippen LogP contribution >= 0.6 is 0 Å².